The van der Waals surface area contributed by atoms with Gasteiger partial charge in [-0.25, -0.2) is 4.98 Å². The molecular weight excluding hydrogens is 411 g/mol. The van der Waals surface area contributed by atoms with E-state index in [1.54, 1.807) is 35.6 Å². The number of hydrogen-bond acceptors (Lipinski definition) is 4. The molecule has 4 rings (SSSR count). The number of hydrogen-bond donors (Lipinski definition) is 2. The molecule has 3 aromatic rings. The number of fused-ring (bicyclic) bond motifs is 1. The maximum absolute atomic E-state index is 13.3. The van der Waals surface area contributed by atoms with E-state index in [9.17, 15) is 18.0 Å². The van der Waals surface area contributed by atoms with Crippen molar-refractivity contribution in [3.05, 3.63) is 58.4 Å². The van der Waals surface area contributed by atoms with Crippen molar-refractivity contribution in [2.75, 3.05) is 5.32 Å². The van der Waals surface area contributed by atoms with Crippen LogP contribution < -0.4 is 10.6 Å². The molecule has 0 radical (unpaired) electrons. The van der Waals surface area contributed by atoms with E-state index >= 15 is 0 Å². The number of aromatic nitrogens is 1. The van der Waals surface area contributed by atoms with Gasteiger partial charge >= 0.3 is 6.18 Å². The molecule has 1 aromatic carbocycles. The van der Waals surface area contributed by atoms with Crippen LogP contribution in [0.4, 0.5) is 18.9 Å². The third-order valence-corrected chi connectivity index (χ3v) is 6.08. The minimum Gasteiger partial charge on any atom is -0.382 e. The minimum atomic E-state index is -4.51. The Morgan fingerprint density at radius 3 is 2.73 bits per heavy atom. The lowest BCUT2D eigenvalue weighted by Gasteiger charge is -2.31. The van der Waals surface area contributed by atoms with Gasteiger partial charge in [0.25, 0.3) is 0 Å². The van der Waals surface area contributed by atoms with Gasteiger partial charge in [-0.3, -0.25) is 4.79 Å². The third kappa shape index (κ3) is 4.92. The summed E-state index contributed by atoms with van der Waals surface area (Å²) in [4.78, 5) is 16.1. The van der Waals surface area contributed by atoms with Crippen LogP contribution in [0.5, 0.6) is 0 Å². The second-order valence-corrected chi connectivity index (χ2v) is 8.43. The average Bonchev–Trinajstić information content (AvgIpc) is 3.20. The van der Waals surface area contributed by atoms with Crippen LogP contribution in [0.2, 0.25) is 0 Å². The highest BCUT2D eigenvalue weighted by molar-refractivity contribution is 7.08. The lowest BCUT2D eigenvalue weighted by molar-refractivity contribution is -0.140. The molecule has 2 heterocycles. The van der Waals surface area contributed by atoms with Crippen molar-refractivity contribution in [2.24, 2.45) is 0 Å². The Morgan fingerprint density at radius 1 is 1.17 bits per heavy atom. The number of benzene rings is 1. The van der Waals surface area contributed by atoms with E-state index in [0.29, 0.717) is 29.4 Å². The number of pyridine rings is 1. The SMILES string of the molecule is O=C(Cc1ccsc1)N[C@@H]1CCC[C@H](Nc2cc(C(F)(F)F)nc3ccccc23)C1. The predicted molar refractivity (Wildman–Crippen MR) is 113 cm³/mol. The van der Waals surface area contributed by atoms with Crippen LogP contribution in [0.3, 0.4) is 0 Å². The first kappa shape index (κ1) is 20.7. The smallest absolute Gasteiger partial charge is 0.382 e. The molecule has 2 aromatic heterocycles. The molecule has 4 nitrogen and oxygen atoms in total. The molecule has 0 aliphatic heterocycles. The normalized spacial score (nSPS) is 19.6. The molecular formula is C22H22F3N3OS. The van der Waals surface area contributed by atoms with Gasteiger partial charge in [0.1, 0.15) is 5.69 Å². The van der Waals surface area contributed by atoms with Crippen LogP contribution in [-0.2, 0) is 17.4 Å². The first-order chi connectivity index (χ1) is 14.4. The Kier molecular flexibility index (Phi) is 5.94. The van der Waals surface area contributed by atoms with Crippen molar-refractivity contribution in [3.63, 3.8) is 0 Å². The van der Waals surface area contributed by atoms with E-state index in [-0.39, 0.29) is 18.0 Å². The van der Waals surface area contributed by atoms with Gasteiger partial charge in [-0.05, 0) is 60.2 Å². The molecule has 0 spiro atoms. The number of thiophene rings is 1. The first-order valence-electron chi connectivity index (χ1n) is 9.92. The maximum Gasteiger partial charge on any atom is 0.433 e. The number of anilines is 1. The van der Waals surface area contributed by atoms with E-state index < -0.39 is 11.9 Å². The summed E-state index contributed by atoms with van der Waals surface area (Å²) in [5.74, 6) is -0.0206. The zero-order valence-electron chi connectivity index (χ0n) is 16.2. The largest absolute Gasteiger partial charge is 0.433 e. The summed E-state index contributed by atoms with van der Waals surface area (Å²) in [7, 11) is 0. The molecule has 0 saturated heterocycles. The molecule has 1 amide bonds. The van der Waals surface area contributed by atoms with E-state index in [0.717, 1.165) is 30.9 Å². The summed E-state index contributed by atoms with van der Waals surface area (Å²) in [6.07, 6.45) is -0.871. The Hall–Kier alpha value is -2.61. The van der Waals surface area contributed by atoms with Crippen molar-refractivity contribution >= 4 is 33.8 Å². The van der Waals surface area contributed by atoms with Crippen molar-refractivity contribution in [1.29, 1.82) is 0 Å². The first-order valence-corrected chi connectivity index (χ1v) is 10.9. The molecule has 1 fully saturated rings. The highest BCUT2D eigenvalue weighted by Gasteiger charge is 2.34. The molecule has 30 heavy (non-hydrogen) atoms. The Morgan fingerprint density at radius 2 is 1.97 bits per heavy atom. The topological polar surface area (TPSA) is 54.0 Å². The fourth-order valence-electron chi connectivity index (χ4n) is 3.97. The number of halogens is 3. The second kappa shape index (κ2) is 8.63. The summed E-state index contributed by atoms with van der Waals surface area (Å²) in [5.41, 5.74) is 0.834. The lowest BCUT2D eigenvalue weighted by atomic mass is 9.90. The predicted octanol–water partition coefficient (Wildman–Crippen LogP) is 5.40. The summed E-state index contributed by atoms with van der Waals surface area (Å²) in [6.45, 7) is 0. The Bertz CT molecular complexity index is 1020. The van der Waals surface area contributed by atoms with Gasteiger partial charge in [0.15, 0.2) is 0 Å². The van der Waals surface area contributed by atoms with Crippen LogP contribution in [0.25, 0.3) is 10.9 Å². The number of para-hydroxylation sites is 1. The summed E-state index contributed by atoms with van der Waals surface area (Å²) < 4.78 is 39.9. The fraction of sp³-hybridized carbons (Fsp3) is 0.364. The van der Waals surface area contributed by atoms with Gasteiger partial charge in [0.05, 0.1) is 11.9 Å². The van der Waals surface area contributed by atoms with E-state index in [1.165, 1.54) is 0 Å². The summed E-state index contributed by atoms with van der Waals surface area (Å²) in [6, 6.07) is 9.84. The zero-order valence-corrected chi connectivity index (χ0v) is 17.0. The monoisotopic (exact) mass is 433 g/mol. The quantitative estimate of drug-likeness (QED) is 0.567. The number of nitrogens with zero attached hydrogens (tertiary/aromatic N) is 1. The van der Waals surface area contributed by atoms with Gasteiger partial charge in [0.2, 0.25) is 5.91 Å². The van der Waals surface area contributed by atoms with Crippen molar-refractivity contribution in [1.82, 2.24) is 10.3 Å². The van der Waals surface area contributed by atoms with Crippen LogP contribution in [-0.4, -0.2) is 23.0 Å². The minimum absolute atomic E-state index is 0.0116. The van der Waals surface area contributed by atoms with Gasteiger partial charge in [-0.15, -0.1) is 0 Å². The molecule has 1 aliphatic rings. The number of alkyl halides is 3. The highest BCUT2D eigenvalue weighted by atomic mass is 32.1. The molecule has 8 heteroatoms. The van der Waals surface area contributed by atoms with Crippen LogP contribution >= 0.6 is 11.3 Å². The molecule has 1 saturated carbocycles. The number of rotatable bonds is 5. The Balaban J connectivity index is 1.47. The van der Waals surface area contributed by atoms with Gasteiger partial charge in [-0.2, -0.15) is 24.5 Å². The van der Waals surface area contributed by atoms with Gasteiger partial charge in [0, 0.05) is 23.2 Å². The number of amides is 1. The van der Waals surface area contributed by atoms with Crippen LogP contribution in [0.1, 0.15) is 36.9 Å². The third-order valence-electron chi connectivity index (χ3n) is 5.35. The van der Waals surface area contributed by atoms with Crippen molar-refractivity contribution in [3.8, 4) is 0 Å². The van der Waals surface area contributed by atoms with E-state index in [1.807, 2.05) is 16.8 Å². The van der Waals surface area contributed by atoms with Gasteiger partial charge < -0.3 is 10.6 Å². The molecule has 158 valence electrons. The maximum atomic E-state index is 13.3. The Labute approximate surface area is 176 Å². The summed E-state index contributed by atoms with van der Waals surface area (Å²) >= 11 is 1.56. The fourth-order valence-corrected chi connectivity index (χ4v) is 4.64. The highest BCUT2D eigenvalue weighted by Crippen LogP contribution is 2.34. The van der Waals surface area contributed by atoms with Gasteiger partial charge in [-0.1, -0.05) is 18.2 Å². The average molecular weight is 433 g/mol. The second-order valence-electron chi connectivity index (χ2n) is 7.65. The molecule has 0 unspecified atom stereocenters. The van der Waals surface area contributed by atoms with E-state index in [4.69, 9.17) is 0 Å². The van der Waals surface area contributed by atoms with Crippen LogP contribution in [0.15, 0.2) is 47.2 Å². The number of carbonyl (C=O) groups excluding carboxylic acids is 1. The van der Waals surface area contributed by atoms with E-state index in [2.05, 4.69) is 15.6 Å². The van der Waals surface area contributed by atoms with Crippen molar-refractivity contribution in [2.45, 2.75) is 50.4 Å². The molecule has 0 bridgehead atoms. The van der Waals surface area contributed by atoms with Crippen LogP contribution in [0, 0.1) is 0 Å². The molecule has 2 atom stereocenters. The lowest BCUT2D eigenvalue weighted by Crippen LogP contribution is -2.42. The summed E-state index contributed by atoms with van der Waals surface area (Å²) in [5, 5.41) is 10.9. The standard InChI is InChI=1S/C22H22F3N3OS/c23-22(24,25)20-12-19(17-6-1-2-7-18(17)28-20)26-15-4-3-5-16(11-15)27-21(29)10-14-8-9-30-13-14/h1-2,6-9,12-13,15-16H,3-5,10-11H2,(H,26,28)(H,27,29)/t15-,16+/m0/s1. The zero-order chi connectivity index (χ0) is 21.1. The molecule has 1 aliphatic carbocycles. The number of nitrogens with one attached hydrogen (secondary N) is 2. The van der Waals surface area contributed by atoms with Crippen molar-refractivity contribution < 1.29 is 18.0 Å². The molecule has 2 N–H and O–H groups in total. The number of carbonyl (C=O) groups is 1.